The number of hydrogen-bond acceptors (Lipinski definition) is 5. The summed E-state index contributed by atoms with van der Waals surface area (Å²) in [4.78, 5) is 12.2. The van der Waals surface area contributed by atoms with Gasteiger partial charge in [-0.2, -0.15) is 0 Å². The van der Waals surface area contributed by atoms with Gasteiger partial charge in [0, 0.05) is 19.6 Å². The Morgan fingerprint density at radius 1 is 1.35 bits per heavy atom. The van der Waals surface area contributed by atoms with Crippen LogP contribution < -0.4 is 5.32 Å². The molecule has 1 aliphatic rings. The number of nitrogens with one attached hydrogen (secondary N) is 1. The SMILES string of the molecule is CCCc1nnc(SCC(=O)NCc2ccccc2)n1C[C@H]1CCCO1. The van der Waals surface area contributed by atoms with E-state index in [1.165, 1.54) is 11.8 Å². The smallest absolute Gasteiger partial charge is 0.230 e. The van der Waals surface area contributed by atoms with Gasteiger partial charge in [0.1, 0.15) is 5.82 Å². The standard InChI is InChI=1S/C19H26N4O2S/c1-2-7-17-21-22-19(23(17)13-16-10-6-11-25-16)26-14-18(24)20-12-15-8-4-3-5-9-15/h3-5,8-9,16H,2,6-7,10-14H2,1H3,(H,20,24)/t16-/m1/s1. The van der Waals surface area contributed by atoms with Gasteiger partial charge < -0.3 is 14.6 Å². The minimum absolute atomic E-state index is 0.00237. The van der Waals surface area contributed by atoms with Crippen molar-refractivity contribution in [3.05, 3.63) is 41.7 Å². The second kappa shape index (κ2) is 9.73. The quantitative estimate of drug-likeness (QED) is 0.684. The number of amides is 1. The van der Waals surface area contributed by atoms with Crippen LogP contribution in [0.1, 0.15) is 37.6 Å². The molecular weight excluding hydrogens is 348 g/mol. The highest BCUT2D eigenvalue weighted by molar-refractivity contribution is 7.99. The number of benzene rings is 1. The number of carbonyl (C=O) groups is 1. The maximum atomic E-state index is 12.2. The zero-order chi connectivity index (χ0) is 18.2. The first kappa shape index (κ1) is 18.9. The Kier molecular flexibility index (Phi) is 7.08. The van der Waals surface area contributed by atoms with Gasteiger partial charge in [0.15, 0.2) is 5.16 Å². The van der Waals surface area contributed by atoms with E-state index in [2.05, 4.69) is 27.0 Å². The van der Waals surface area contributed by atoms with Crippen molar-refractivity contribution < 1.29 is 9.53 Å². The van der Waals surface area contributed by atoms with Crippen molar-refractivity contribution in [2.24, 2.45) is 0 Å². The van der Waals surface area contributed by atoms with Crippen LogP contribution >= 0.6 is 11.8 Å². The molecule has 1 aromatic heterocycles. The number of hydrogen-bond donors (Lipinski definition) is 1. The summed E-state index contributed by atoms with van der Waals surface area (Å²) in [6.07, 6.45) is 4.32. The lowest BCUT2D eigenvalue weighted by Crippen LogP contribution is -2.25. The third-order valence-electron chi connectivity index (χ3n) is 4.34. The molecule has 1 aromatic carbocycles. The highest BCUT2D eigenvalue weighted by Crippen LogP contribution is 2.21. The van der Waals surface area contributed by atoms with Crippen molar-refractivity contribution in [3.8, 4) is 0 Å². The van der Waals surface area contributed by atoms with Crippen LogP contribution in [0.15, 0.2) is 35.5 Å². The number of nitrogens with zero attached hydrogens (tertiary/aromatic N) is 3. The molecule has 3 rings (SSSR count). The molecule has 0 bridgehead atoms. The minimum atomic E-state index is 0.00237. The van der Waals surface area contributed by atoms with E-state index < -0.39 is 0 Å². The molecule has 0 unspecified atom stereocenters. The van der Waals surface area contributed by atoms with E-state index in [9.17, 15) is 4.79 Å². The van der Waals surface area contributed by atoms with Gasteiger partial charge in [-0.3, -0.25) is 4.79 Å². The number of aryl methyl sites for hydroxylation is 1. The van der Waals surface area contributed by atoms with Gasteiger partial charge in [0.05, 0.1) is 18.4 Å². The van der Waals surface area contributed by atoms with Crippen LogP contribution in [-0.4, -0.2) is 39.1 Å². The molecule has 0 radical (unpaired) electrons. The number of thioether (sulfide) groups is 1. The minimum Gasteiger partial charge on any atom is -0.376 e. The molecular formula is C19H26N4O2S. The fourth-order valence-electron chi connectivity index (χ4n) is 2.99. The maximum Gasteiger partial charge on any atom is 0.230 e. The van der Waals surface area contributed by atoms with Crippen molar-refractivity contribution >= 4 is 17.7 Å². The highest BCUT2D eigenvalue weighted by atomic mass is 32.2. The van der Waals surface area contributed by atoms with Crippen molar-refractivity contribution in [2.45, 2.75) is 57.0 Å². The van der Waals surface area contributed by atoms with Crippen molar-refractivity contribution in [2.75, 3.05) is 12.4 Å². The number of ether oxygens (including phenoxy) is 1. The van der Waals surface area contributed by atoms with E-state index in [0.717, 1.165) is 55.4 Å². The van der Waals surface area contributed by atoms with E-state index >= 15 is 0 Å². The van der Waals surface area contributed by atoms with Crippen LogP contribution in [0.2, 0.25) is 0 Å². The van der Waals surface area contributed by atoms with Gasteiger partial charge >= 0.3 is 0 Å². The summed E-state index contributed by atoms with van der Waals surface area (Å²) in [5, 5.41) is 12.4. The predicted octanol–water partition coefficient (Wildman–Crippen LogP) is 2.82. The normalized spacial score (nSPS) is 16.7. The van der Waals surface area contributed by atoms with Crippen molar-refractivity contribution in [1.82, 2.24) is 20.1 Å². The average Bonchev–Trinajstić information content (AvgIpc) is 3.31. The van der Waals surface area contributed by atoms with Gasteiger partial charge in [-0.25, -0.2) is 0 Å². The summed E-state index contributed by atoms with van der Waals surface area (Å²) in [7, 11) is 0. The molecule has 0 saturated carbocycles. The molecule has 2 heterocycles. The fraction of sp³-hybridized carbons (Fsp3) is 0.526. The Hall–Kier alpha value is -1.86. The lowest BCUT2D eigenvalue weighted by molar-refractivity contribution is -0.118. The van der Waals surface area contributed by atoms with Gasteiger partial charge in [0.2, 0.25) is 5.91 Å². The first-order valence-electron chi connectivity index (χ1n) is 9.23. The Labute approximate surface area is 158 Å². The van der Waals surface area contributed by atoms with E-state index in [4.69, 9.17) is 4.74 Å². The van der Waals surface area contributed by atoms with Crippen LogP contribution in [0.4, 0.5) is 0 Å². The first-order valence-corrected chi connectivity index (χ1v) is 10.2. The molecule has 6 nitrogen and oxygen atoms in total. The Morgan fingerprint density at radius 2 is 2.19 bits per heavy atom. The molecule has 0 spiro atoms. The lowest BCUT2D eigenvalue weighted by atomic mass is 10.2. The Morgan fingerprint density at radius 3 is 2.92 bits per heavy atom. The molecule has 1 fully saturated rings. The molecule has 0 aliphatic carbocycles. The largest absolute Gasteiger partial charge is 0.376 e. The lowest BCUT2D eigenvalue weighted by Gasteiger charge is -2.14. The third-order valence-corrected chi connectivity index (χ3v) is 5.31. The number of carbonyl (C=O) groups excluding carboxylic acids is 1. The molecule has 1 atom stereocenters. The molecule has 1 saturated heterocycles. The van der Waals surface area contributed by atoms with Crippen LogP contribution in [0.5, 0.6) is 0 Å². The van der Waals surface area contributed by atoms with Gasteiger partial charge in [-0.05, 0) is 24.8 Å². The van der Waals surface area contributed by atoms with Crippen LogP contribution in [0, 0.1) is 0 Å². The third kappa shape index (κ3) is 5.32. The molecule has 1 amide bonds. The molecule has 1 N–H and O–H groups in total. The number of rotatable bonds is 9. The maximum absolute atomic E-state index is 12.2. The van der Waals surface area contributed by atoms with Gasteiger partial charge in [-0.15, -0.1) is 10.2 Å². The molecule has 26 heavy (non-hydrogen) atoms. The zero-order valence-corrected chi connectivity index (χ0v) is 16.0. The topological polar surface area (TPSA) is 69.0 Å². The summed E-state index contributed by atoms with van der Waals surface area (Å²) < 4.78 is 7.90. The predicted molar refractivity (Wildman–Crippen MR) is 102 cm³/mol. The summed E-state index contributed by atoms with van der Waals surface area (Å²) in [5.74, 6) is 1.32. The second-order valence-corrected chi connectivity index (χ2v) is 7.39. The molecule has 140 valence electrons. The molecule has 7 heteroatoms. The van der Waals surface area contributed by atoms with Crippen molar-refractivity contribution in [1.29, 1.82) is 0 Å². The van der Waals surface area contributed by atoms with E-state index in [1.54, 1.807) is 0 Å². The number of aromatic nitrogens is 3. The van der Waals surface area contributed by atoms with E-state index in [-0.39, 0.29) is 12.0 Å². The highest BCUT2D eigenvalue weighted by Gasteiger charge is 2.21. The molecule has 1 aliphatic heterocycles. The van der Waals surface area contributed by atoms with Crippen LogP contribution in [0.25, 0.3) is 0 Å². The monoisotopic (exact) mass is 374 g/mol. The average molecular weight is 375 g/mol. The van der Waals surface area contributed by atoms with Gasteiger partial charge in [0.25, 0.3) is 0 Å². The summed E-state index contributed by atoms with van der Waals surface area (Å²) in [6.45, 7) is 4.29. The second-order valence-electron chi connectivity index (χ2n) is 6.45. The van der Waals surface area contributed by atoms with Gasteiger partial charge in [-0.1, -0.05) is 49.0 Å². The van der Waals surface area contributed by atoms with Crippen LogP contribution in [-0.2, 0) is 29.0 Å². The van der Waals surface area contributed by atoms with Crippen molar-refractivity contribution in [3.63, 3.8) is 0 Å². The van der Waals surface area contributed by atoms with E-state index in [1.807, 2.05) is 30.3 Å². The fourth-order valence-corrected chi connectivity index (χ4v) is 3.78. The van der Waals surface area contributed by atoms with Crippen LogP contribution in [0.3, 0.4) is 0 Å². The summed E-state index contributed by atoms with van der Waals surface area (Å²) in [5.41, 5.74) is 1.10. The zero-order valence-electron chi connectivity index (χ0n) is 15.2. The molecule has 2 aromatic rings. The Bertz CT molecular complexity index is 699. The Balaban J connectivity index is 1.55. The summed E-state index contributed by atoms with van der Waals surface area (Å²) in [6, 6.07) is 9.92. The van der Waals surface area contributed by atoms with E-state index in [0.29, 0.717) is 12.3 Å². The summed E-state index contributed by atoms with van der Waals surface area (Å²) >= 11 is 1.44. The first-order chi connectivity index (χ1) is 12.8.